The highest BCUT2D eigenvalue weighted by Crippen LogP contribution is 2.31. The van der Waals surface area contributed by atoms with Crippen molar-refractivity contribution < 1.29 is 14.6 Å². The maximum absolute atomic E-state index is 10.0. The second kappa shape index (κ2) is 11.0. The molecule has 0 spiro atoms. The summed E-state index contributed by atoms with van der Waals surface area (Å²) in [6.45, 7) is 10.7. The van der Waals surface area contributed by atoms with Crippen LogP contribution in [-0.2, 0) is 0 Å². The van der Waals surface area contributed by atoms with Crippen molar-refractivity contribution >= 4 is 5.96 Å². The van der Waals surface area contributed by atoms with Gasteiger partial charge in [-0.25, -0.2) is 0 Å². The van der Waals surface area contributed by atoms with Gasteiger partial charge >= 0.3 is 0 Å². The van der Waals surface area contributed by atoms with Gasteiger partial charge in [-0.1, -0.05) is 12.5 Å². The summed E-state index contributed by atoms with van der Waals surface area (Å²) in [5.74, 6) is 2.58. The summed E-state index contributed by atoms with van der Waals surface area (Å²) in [5, 5.41) is 16.8. The third kappa shape index (κ3) is 6.31. The number of nitrogens with one attached hydrogen (secondary N) is 2. The van der Waals surface area contributed by atoms with Crippen molar-refractivity contribution in [2.45, 2.75) is 59.1 Å². The van der Waals surface area contributed by atoms with Crippen LogP contribution in [0.2, 0.25) is 0 Å². The van der Waals surface area contributed by atoms with Crippen molar-refractivity contribution in [2.24, 2.45) is 10.9 Å². The Morgan fingerprint density at radius 1 is 1.19 bits per heavy atom. The van der Waals surface area contributed by atoms with Crippen molar-refractivity contribution in [3.8, 4) is 11.5 Å². The summed E-state index contributed by atoms with van der Waals surface area (Å²) < 4.78 is 11.4. The number of rotatable bonds is 9. The van der Waals surface area contributed by atoms with E-state index >= 15 is 0 Å². The van der Waals surface area contributed by atoms with Crippen LogP contribution in [0.15, 0.2) is 23.2 Å². The van der Waals surface area contributed by atoms with Gasteiger partial charge in [0.2, 0.25) is 0 Å². The van der Waals surface area contributed by atoms with Crippen LogP contribution in [0, 0.1) is 5.92 Å². The minimum Gasteiger partial charge on any atom is -0.490 e. The first-order chi connectivity index (χ1) is 13.1. The fraction of sp³-hybridized carbons (Fsp3) is 0.667. The molecule has 1 saturated carbocycles. The Hall–Kier alpha value is -1.95. The summed E-state index contributed by atoms with van der Waals surface area (Å²) in [4.78, 5) is 4.70. The zero-order chi connectivity index (χ0) is 19.6. The van der Waals surface area contributed by atoms with Gasteiger partial charge in [0.15, 0.2) is 17.5 Å². The molecule has 1 fully saturated rings. The van der Waals surface area contributed by atoms with E-state index in [0.29, 0.717) is 19.8 Å². The van der Waals surface area contributed by atoms with Crippen LogP contribution >= 0.6 is 0 Å². The molecule has 1 aliphatic carbocycles. The molecule has 0 amide bonds. The van der Waals surface area contributed by atoms with Gasteiger partial charge in [0.05, 0.1) is 25.4 Å². The minimum absolute atomic E-state index is 0.0613. The van der Waals surface area contributed by atoms with Crippen LogP contribution in [-0.4, -0.2) is 43.5 Å². The summed E-state index contributed by atoms with van der Waals surface area (Å²) >= 11 is 0. The largest absolute Gasteiger partial charge is 0.490 e. The molecule has 0 saturated heterocycles. The van der Waals surface area contributed by atoms with Crippen LogP contribution in [0.3, 0.4) is 0 Å². The maximum atomic E-state index is 10.0. The van der Waals surface area contributed by atoms with Gasteiger partial charge in [0.25, 0.3) is 0 Å². The van der Waals surface area contributed by atoms with Crippen LogP contribution in [0.4, 0.5) is 0 Å². The minimum atomic E-state index is -0.214. The average Bonchev–Trinajstić information content (AvgIpc) is 3.06. The number of aliphatic hydroxyl groups excluding tert-OH is 1. The number of aliphatic hydroxyl groups is 1. The number of benzene rings is 1. The van der Waals surface area contributed by atoms with Crippen molar-refractivity contribution in [2.75, 3.05) is 26.3 Å². The highest BCUT2D eigenvalue weighted by atomic mass is 16.5. The maximum Gasteiger partial charge on any atom is 0.191 e. The molecule has 6 heteroatoms. The molecule has 3 atom stereocenters. The fourth-order valence-electron chi connectivity index (χ4n) is 3.38. The number of aliphatic imine (C=N–C) groups is 1. The van der Waals surface area contributed by atoms with Crippen molar-refractivity contribution in [1.29, 1.82) is 0 Å². The first kappa shape index (κ1) is 21.4. The Bertz CT molecular complexity index is 606. The van der Waals surface area contributed by atoms with Crippen LogP contribution in [0.25, 0.3) is 0 Å². The molecule has 1 aliphatic rings. The molecular weight excluding hydrogens is 342 g/mol. The van der Waals surface area contributed by atoms with Crippen LogP contribution in [0.5, 0.6) is 11.5 Å². The van der Waals surface area contributed by atoms with Gasteiger partial charge in [0, 0.05) is 19.0 Å². The quantitative estimate of drug-likeness (QED) is 0.455. The standard InChI is InChI=1S/C21H35N3O3/c1-5-22-21(23-14-17-9-8-10-18(17)25)24-15(4)16-11-12-19(26-6-2)20(13-16)27-7-3/h11-13,15,17-18,25H,5-10,14H2,1-4H3,(H2,22,23,24). The lowest BCUT2D eigenvalue weighted by molar-refractivity contribution is 0.136. The molecular formula is C21H35N3O3. The van der Waals surface area contributed by atoms with Gasteiger partial charge in [-0.3, -0.25) is 4.99 Å². The molecule has 3 unspecified atom stereocenters. The SMILES string of the molecule is CCNC(=NCC1CCCC1O)NC(C)c1ccc(OCC)c(OCC)c1. The molecule has 0 aliphatic heterocycles. The lowest BCUT2D eigenvalue weighted by Gasteiger charge is -2.21. The zero-order valence-corrected chi connectivity index (χ0v) is 17.1. The smallest absolute Gasteiger partial charge is 0.191 e. The monoisotopic (exact) mass is 377 g/mol. The molecule has 0 heterocycles. The van der Waals surface area contributed by atoms with Crippen LogP contribution < -0.4 is 20.1 Å². The Balaban J connectivity index is 2.07. The van der Waals surface area contributed by atoms with Crippen molar-refractivity contribution in [1.82, 2.24) is 10.6 Å². The normalized spacial score (nSPS) is 21.0. The Labute approximate surface area is 163 Å². The molecule has 0 aromatic heterocycles. The Kier molecular flexibility index (Phi) is 8.72. The summed E-state index contributed by atoms with van der Waals surface area (Å²) in [5.41, 5.74) is 1.11. The van der Waals surface area contributed by atoms with E-state index in [9.17, 15) is 5.11 Å². The number of guanidine groups is 1. The van der Waals surface area contributed by atoms with E-state index in [1.54, 1.807) is 0 Å². The van der Waals surface area contributed by atoms with E-state index in [0.717, 1.165) is 48.8 Å². The third-order valence-electron chi connectivity index (χ3n) is 4.87. The van der Waals surface area contributed by atoms with Gasteiger partial charge < -0.3 is 25.2 Å². The number of ether oxygens (including phenoxy) is 2. The molecule has 1 aromatic carbocycles. The molecule has 6 nitrogen and oxygen atoms in total. The van der Waals surface area contributed by atoms with Gasteiger partial charge in [-0.15, -0.1) is 0 Å². The molecule has 152 valence electrons. The number of nitrogens with zero attached hydrogens (tertiary/aromatic N) is 1. The number of hydrogen-bond acceptors (Lipinski definition) is 4. The van der Waals surface area contributed by atoms with Crippen LogP contribution in [0.1, 0.15) is 58.6 Å². The Morgan fingerprint density at radius 3 is 2.56 bits per heavy atom. The van der Waals surface area contributed by atoms with Crippen molar-refractivity contribution in [3.05, 3.63) is 23.8 Å². The molecule has 3 N–H and O–H groups in total. The topological polar surface area (TPSA) is 75.1 Å². The first-order valence-corrected chi connectivity index (χ1v) is 10.2. The lowest BCUT2D eigenvalue weighted by atomic mass is 10.1. The second-order valence-corrected chi connectivity index (χ2v) is 6.92. The summed E-state index contributed by atoms with van der Waals surface area (Å²) in [7, 11) is 0. The molecule has 0 radical (unpaired) electrons. The molecule has 1 aromatic rings. The molecule has 0 bridgehead atoms. The molecule has 2 rings (SSSR count). The third-order valence-corrected chi connectivity index (χ3v) is 4.87. The van der Waals surface area contributed by atoms with E-state index < -0.39 is 0 Å². The Morgan fingerprint density at radius 2 is 1.93 bits per heavy atom. The van der Waals surface area contributed by atoms with E-state index in [4.69, 9.17) is 14.5 Å². The second-order valence-electron chi connectivity index (χ2n) is 6.92. The zero-order valence-electron chi connectivity index (χ0n) is 17.1. The van der Waals surface area contributed by atoms with E-state index in [1.165, 1.54) is 0 Å². The lowest BCUT2D eigenvalue weighted by Crippen LogP contribution is -2.39. The number of hydrogen-bond donors (Lipinski definition) is 3. The first-order valence-electron chi connectivity index (χ1n) is 10.2. The predicted molar refractivity (Wildman–Crippen MR) is 110 cm³/mol. The van der Waals surface area contributed by atoms with E-state index in [-0.39, 0.29) is 18.1 Å². The fourth-order valence-corrected chi connectivity index (χ4v) is 3.38. The van der Waals surface area contributed by atoms with E-state index in [2.05, 4.69) is 30.5 Å². The highest BCUT2D eigenvalue weighted by molar-refractivity contribution is 5.80. The summed E-state index contributed by atoms with van der Waals surface area (Å²) in [6.07, 6.45) is 2.83. The molecule has 27 heavy (non-hydrogen) atoms. The predicted octanol–water partition coefficient (Wildman–Crippen LogP) is 3.26. The van der Waals surface area contributed by atoms with E-state index in [1.807, 2.05) is 26.0 Å². The summed E-state index contributed by atoms with van der Waals surface area (Å²) in [6, 6.07) is 6.10. The van der Waals surface area contributed by atoms with Gasteiger partial charge in [-0.2, -0.15) is 0 Å². The average molecular weight is 378 g/mol. The van der Waals surface area contributed by atoms with Gasteiger partial charge in [0.1, 0.15) is 0 Å². The highest BCUT2D eigenvalue weighted by Gasteiger charge is 2.24. The van der Waals surface area contributed by atoms with Crippen molar-refractivity contribution in [3.63, 3.8) is 0 Å². The van der Waals surface area contributed by atoms with Gasteiger partial charge in [-0.05, 0) is 58.2 Å².